The van der Waals surface area contributed by atoms with Crippen LogP contribution in [0, 0.1) is 0 Å². The van der Waals surface area contributed by atoms with Crippen LogP contribution in [0.5, 0.6) is 5.75 Å². The van der Waals surface area contributed by atoms with Gasteiger partial charge >= 0.3 is 5.97 Å². The van der Waals surface area contributed by atoms with Crippen LogP contribution in [0.25, 0.3) is 0 Å². The standard InChI is InChI=1S/C20H21NO4.ClH/c22-19(10-11-21-12-14-24-15-13-21)16-6-8-18(9-7-16)25-20(23)17-4-2-1-3-5-17;/h1-9H,10-15H2;1H. The largest absolute Gasteiger partial charge is 0.423 e. The summed E-state index contributed by atoms with van der Waals surface area (Å²) >= 11 is 0. The summed E-state index contributed by atoms with van der Waals surface area (Å²) in [5.41, 5.74) is 1.13. The average Bonchev–Trinajstić information content (AvgIpc) is 2.68. The van der Waals surface area contributed by atoms with E-state index in [-0.39, 0.29) is 18.2 Å². The maximum absolute atomic E-state index is 12.3. The predicted octanol–water partition coefficient (Wildman–Crippen LogP) is 3.23. The molecular weight excluding hydrogens is 354 g/mol. The van der Waals surface area contributed by atoms with Crippen LogP contribution in [-0.2, 0) is 4.74 Å². The Morgan fingerprint density at radius 2 is 1.58 bits per heavy atom. The summed E-state index contributed by atoms with van der Waals surface area (Å²) in [6, 6.07) is 15.5. The minimum atomic E-state index is -0.410. The summed E-state index contributed by atoms with van der Waals surface area (Å²) in [6.45, 7) is 3.96. The number of esters is 1. The molecule has 138 valence electrons. The third-order valence-electron chi connectivity index (χ3n) is 4.16. The Morgan fingerprint density at radius 3 is 2.23 bits per heavy atom. The molecule has 1 aliphatic rings. The molecule has 0 radical (unpaired) electrons. The lowest BCUT2D eigenvalue weighted by atomic mass is 10.1. The van der Waals surface area contributed by atoms with Gasteiger partial charge in [0.1, 0.15) is 5.75 Å². The molecule has 1 aliphatic heterocycles. The summed E-state index contributed by atoms with van der Waals surface area (Å²) in [4.78, 5) is 26.5. The third kappa shape index (κ3) is 5.66. The third-order valence-corrected chi connectivity index (χ3v) is 4.16. The smallest absolute Gasteiger partial charge is 0.343 e. The number of hydrogen-bond acceptors (Lipinski definition) is 5. The summed E-state index contributed by atoms with van der Waals surface area (Å²) in [5.74, 6) is 0.109. The Hall–Kier alpha value is -2.21. The first-order valence-corrected chi connectivity index (χ1v) is 8.43. The maximum atomic E-state index is 12.3. The van der Waals surface area contributed by atoms with Gasteiger partial charge in [-0.25, -0.2) is 4.79 Å². The van der Waals surface area contributed by atoms with Gasteiger partial charge in [-0.3, -0.25) is 9.69 Å². The van der Waals surface area contributed by atoms with Crippen molar-refractivity contribution in [1.82, 2.24) is 4.90 Å². The Bertz CT molecular complexity index is 712. The summed E-state index contributed by atoms with van der Waals surface area (Å²) in [7, 11) is 0. The fourth-order valence-electron chi connectivity index (χ4n) is 2.68. The fraction of sp³-hybridized carbons (Fsp3) is 0.300. The van der Waals surface area contributed by atoms with Crippen LogP contribution in [0.1, 0.15) is 27.1 Å². The van der Waals surface area contributed by atoms with Gasteiger partial charge in [0, 0.05) is 31.6 Å². The van der Waals surface area contributed by atoms with E-state index in [1.165, 1.54) is 0 Å². The van der Waals surface area contributed by atoms with E-state index in [4.69, 9.17) is 9.47 Å². The Kier molecular flexibility index (Phi) is 7.78. The van der Waals surface area contributed by atoms with Crippen molar-refractivity contribution >= 4 is 24.2 Å². The zero-order valence-corrected chi connectivity index (χ0v) is 15.2. The number of Topliss-reactive ketones (excluding diaryl/α,β-unsaturated/α-hetero) is 1. The van der Waals surface area contributed by atoms with E-state index in [0.29, 0.717) is 23.3 Å². The molecule has 0 aliphatic carbocycles. The van der Waals surface area contributed by atoms with Crippen molar-refractivity contribution in [3.8, 4) is 5.75 Å². The van der Waals surface area contributed by atoms with Crippen LogP contribution in [0.15, 0.2) is 54.6 Å². The minimum Gasteiger partial charge on any atom is -0.423 e. The average molecular weight is 376 g/mol. The number of halogens is 1. The van der Waals surface area contributed by atoms with Gasteiger partial charge < -0.3 is 9.47 Å². The monoisotopic (exact) mass is 375 g/mol. The molecule has 1 fully saturated rings. The molecule has 0 unspecified atom stereocenters. The molecule has 2 aromatic carbocycles. The molecule has 5 nitrogen and oxygen atoms in total. The van der Waals surface area contributed by atoms with Crippen LogP contribution in [-0.4, -0.2) is 49.5 Å². The van der Waals surface area contributed by atoms with Crippen LogP contribution in [0.4, 0.5) is 0 Å². The van der Waals surface area contributed by atoms with E-state index in [9.17, 15) is 9.59 Å². The molecule has 6 heteroatoms. The molecule has 1 heterocycles. The minimum absolute atomic E-state index is 0. The van der Waals surface area contributed by atoms with Crippen LogP contribution in [0.2, 0.25) is 0 Å². The van der Waals surface area contributed by atoms with Gasteiger partial charge in [-0.1, -0.05) is 18.2 Å². The number of ketones is 1. The van der Waals surface area contributed by atoms with Gasteiger partial charge in [0.2, 0.25) is 0 Å². The lowest BCUT2D eigenvalue weighted by Crippen LogP contribution is -2.37. The lowest BCUT2D eigenvalue weighted by molar-refractivity contribution is 0.0370. The number of hydrogen-bond donors (Lipinski definition) is 0. The number of morpholine rings is 1. The van der Waals surface area contributed by atoms with Gasteiger partial charge in [-0.2, -0.15) is 0 Å². The highest BCUT2D eigenvalue weighted by atomic mass is 35.5. The maximum Gasteiger partial charge on any atom is 0.343 e. The zero-order chi connectivity index (χ0) is 17.5. The number of carbonyl (C=O) groups is 2. The topological polar surface area (TPSA) is 55.8 Å². The SMILES string of the molecule is Cl.O=C(CCN1CCOCC1)c1ccc(OC(=O)c2ccccc2)cc1. The molecule has 0 aromatic heterocycles. The zero-order valence-electron chi connectivity index (χ0n) is 14.4. The first kappa shape index (κ1) is 20.1. The summed E-state index contributed by atoms with van der Waals surface area (Å²) in [6.07, 6.45) is 0.475. The van der Waals surface area contributed by atoms with Crippen molar-refractivity contribution < 1.29 is 19.1 Å². The van der Waals surface area contributed by atoms with Crippen molar-refractivity contribution in [2.24, 2.45) is 0 Å². The first-order chi connectivity index (χ1) is 12.2. The second kappa shape index (κ2) is 10.1. The molecule has 1 saturated heterocycles. The summed E-state index contributed by atoms with van der Waals surface area (Å²) < 4.78 is 10.6. The fourth-order valence-corrected chi connectivity index (χ4v) is 2.68. The predicted molar refractivity (Wildman–Crippen MR) is 101 cm³/mol. The van der Waals surface area contributed by atoms with Crippen molar-refractivity contribution in [2.75, 3.05) is 32.8 Å². The number of nitrogens with zero attached hydrogens (tertiary/aromatic N) is 1. The molecule has 0 N–H and O–H groups in total. The molecule has 0 bridgehead atoms. The first-order valence-electron chi connectivity index (χ1n) is 8.43. The van der Waals surface area contributed by atoms with Gasteiger partial charge in [-0.05, 0) is 36.4 Å². The van der Waals surface area contributed by atoms with E-state index in [0.717, 1.165) is 32.8 Å². The quantitative estimate of drug-likeness (QED) is 0.441. The van der Waals surface area contributed by atoms with Crippen LogP contribution < -0.4 is 4.74 Å². The number of ether oxygens (including phenoxy) is 2. The van der Waals surface area contributed by atoms with Gasteiger partial charge in [0.05, 0.1) is 18.8 Å². The molecule has 3 rings (SSSR count). The molecule has 0 amide bonds. The van der Waals surface area contributed by atoms with Gasteiger partial charge in [-0.15, -0.1) is 12.4 Å². The molecule has 2 aromatic rings. The van der Waals surface area contributed by atoms with E-state index in [1.807, 2.05) is 6.07 Å². The van der Waals surface area contributed by atoms with Crippen molar-refractivity contribution in [3.63, 3.8) is 0 Å². The van der Waals surface area contributed by atoms with E-state index in [1.54, 1.807) is 48.5 Å². The van der Waals surface area contributed by atoms with Crippen molar-refractivity contribution in [1.29, 1.82) is 0 Å². The second-order valence-electron chi connectivity index (χ2n) is 5.91. The van der Waals surface area contributed by atoms with E-state index >= 15 is 0 Å². The Labute approximate surface area is 159 Å². The van der Waals surface area contributed by atoms with Crippen LogP contribution >= 0.6 is 12.4 Å². The van der Waals surface area contributed by atoms with Gasteiger partial charge in [0.25, 0.3) is 0 Å². The highest BCUT2D eigenvalue weighted by Crippen LogP contribution is 2.15. The molecule has 0 saturated carbocycles. The van der Waals surface area contributed by atoms with Crippen molar-refractivity contribution in [3.05, 3.63) is 65.7 Å². The Morgan fingerprint density at radius 1 is 0.923 bits per heavy atom. The van der Waals surface area contributed by atoms with E-state index < -0.39 is 5.97 Å². The van der Waals surface area contributed by atoms with E-state index in [2.05, 4.69) is 4.90 Å². The molecule has 0 spiro atoms. The highest BCUT2D eigenvalue weighted by Gasteiger charge is 2.13. The number of benzene rings is 2. The highest BCUT2D eigenvalue weighted by molar-refractivity contribution is 5.96. The molecule has 26 heavy (non-hydrogen) atoms. The van der Waals surface area contributed by atoms with Gasteiger partial charge in [0.15, 0.2) is 5.78 Å². The molecular formula is C20H22ClNO4. The molecule has 0 atom stereocenters. The Balaban J connectivity index is 0.00000243. The van der Waals surface area contributed by atoms with Crippen LogP contribution in [0.3, 0.4) is 0 Å². The number of carbonyl (C=O) groups excluding carboxylic acids is 2. The lowest BCUT2D eigenvalue weighted by Gasteiger charge is -2.26. The summed E-state index contributed by atoms with van der Waals surface area (Å²) in [5, 5.41) is 0. The normalized spacial score (nSPS) is 14.3. The second-order valence-corrected chi connectivity index (χ2v) is 5.91. The number of rotatable bonds is 6. The van der Waals surface area contributed by atoms with Crippen molar-refractivity contribution in [2.45, 2.75) is 6.42 Å².